The molecule has 0 atom stereocenters. The molecular formula is C28H30ClN5O4. The third-order valence-corrected chi connectivity index (χ3v) is 6.69. The third-order valence-electron chi connectivity index (χ3n) is 6.38. The molecule has 2 amide bonds. The Bertz CT molecular complexity index is 1290. The highest BCUT2D eigenvalue weighted by molar-refractivity contribution is 6.30. The van der Waals surface area contributed by atoms with Crippen molar-refractivity contribution in [2.75, 3.05) is 23.8 Å². The lowest BCUT2D eigenvalue weighted by molar-refractivity contribution is -0.136. The zero-order valence-electron chi connectivity index (χ0n) is 21.1. The molecule has 0 radical (unpaired) electrons. The quantitative estimate of drug-likeness (QED) is 0.334. The van der Waals surface area contributed by atoms with Crippen molar-refractivity contribution in [3.63, 3.8) is 0 Å². The van der Waals surface area contributed by atoms with Crippen molar-refractivity contribution in [1.82, 2.24) is 15.3 Å². The van der Waals surface area contributed by atoms with Crippen molar-refractivity contribution >= 4 is 40.9 Å². The SMILES string of the molecule is CN(CC(=O)NC1CCCC1)c1nc(Cc2ccc(NC(=O)c3ccccc3)cc2)nc(Cl)c1CC(=O)O. The van der Waals surface area contributed by atoms with Crippen LogP contribution in [0, 0.1) is 0 Å². The highest BCUT2D eigenvalue weighted by Crippen LogP contribution is 2.26. The van der Waals surface area contributed by atoms with Gasteiger partial charge in [-0.15, -0.1) is 0 Å². The second kappa shape index (κ2) is 12.5. The number of carbonyl (C=O) groups is 3. The van der Waals surface area contributed by atoms with E-state index in [2.05, 4.69) is 20.6 Å². The summed E-state index contributed by atoms with van der Waals surface area (Å²) >= 11 is 6.41. The number of hydrogen-bond acceptors (Lipinski definition) is 6. The summed E-state index contributed by atoms with van der Waals surface area (Å²) in [4.78, 5) is 47.0. The molecule has 0 saturated heterocycles. The van der Waals surface area contributed by atoms with Crippen LogP contribution in [-0.4, -0.2) is 52.5 Å². The Kier molecular flexibility index (Phi) is 8.91. The molecule has 0 aliphatic heterocycles. The summed E-state index contributed by atoms with van der Waals surface area (Å²) in [5.74, 6) is -0.711. The fourth-order valence-electron chi connectivity index (χ4n) is 4.50. The lowest BCUT2D eigenvalue weighted by atomic mass is 10.1. The number of rotatable bonds is 10. The topological polar surface area (TPSA) is 125 Å². The molecular weight excluding hydrogens is 506 g/mol. The molecule has 198 valence electrons. The standard InChI is InChI=1S/C28H30ClN5O4/c1-34(17-24(35)30-20-9-5-6-10-20)27-22(16-25(36)37)26(29)32-23(33-27)15-18-11-13-21(14-12-18)31-28(38)19-7-3-2-4-8-19/h2-4,7-8,11-14,20H,5-6,9-10,15-17H2,1H3,(H,30,35)(H,31,38)(H,36,37). The Morgan fingerprint density at radius 3 is 2.37 bits per heavy atom. The molecule has 1 aromatic heterocycles. The van der Waals surface area contributed by atoms with Gasteiger partial charge in [-0.3, -0.25) is 14.4 Å². The lowest BCUT2D eigenvalue weighted by Crippen LogP contribution is -2.40. The van der Waals surface area contributed by atoms with E-state index in [0.717, 1.165) is 31.2 Å². The minimum absolute atomic E-state index is 0.0196. The van der Waals surface area contributed by atoms with Crippen LogP contribution in [-0.2, 0) is 22.4 Å². The number of nitrogens with zero attached hydrogens (tertiary/aromatic N) is 3. The van der Waals surface area contributed by atoms with Crippen LogP contribution in [0.15, 0.2) is 54.6 Å². The lowest BCUT2D eigenvalue weighted by Gasteiger charge is -2.22. The molecule has 0 bridgehead atoms. The molecule has 2 aromatic carbocycles. The van der Waals surface area contributed by atoms with E-state index in [1.807, 2.05) is 18.2 Å². The Hall–Kier alpha value is -3.98. The maximum Gasteiger partial charge on any atom is 0.308 e. The van der Waals surface area contributed by atoms with Gasteiger partial charge in [-0.1, -0.05) is 54.8 Å². The molecule has 1 fully saturated rings. The largest absolute Gasteiger partial charge is 0.481 e. The van der Waals surface area contributed by atoms with Gasteiger partial charge in [0.1, 0.15) is 16.8 Å². The van der Waals surface area contributed by atoms with Gasteiger partial charge in [0.15, 0.2) is 0 Å². The first-order valence-electron chi connectivity index (χ1n) is 12.5. The van der Waals surface area contributed by atoms with Gasteiger partial charge in [0, 0.05) is 36.3 Å². The van der Waals surface area contributed by atoms with Gasteiger partial charge in [0.25, 0.3) is 5.91 Å². The number of likely N-dealkylation sites (N-methyl/N-ethyl adjacent to an activating group) is 1. The van der Waals surface area contributed by atoms with E-state index in [1.165, 1.54) is 0 Å². The van der Waals surface area contributed by atoms with Crippen LogP contribution in [0.5, 0.6) is 0 Å². The van der Waals surface area contributed by atoms with E-state index < -0.39 is 5.97 Å². The van der Waals surface area contributed by atoms with Crippen molar-refractivity contribution in [3.05, 3.63) is 82.3 Å². The van der Waals surface area contributed by atoms with Crippen molar-refractivity contribution < 1.29 is 19.5 Å². The predicted molar refractivity (Wildman–Crippen MR) is 146 cm³/mol. The summed E-state index contributed by atoms with van der Waals surface area (Å²) in [7, 11) is 1.69. The molecule has 1 heterocycles. The molecule has 0 spiro atoms. The summed E-state index contributed by atoms with van der Waals surface area (Å²) in [6.07, 6.45) is 4.12. The van der Waals surface area contributed by atoms with Crippen LogP contribution in [0.3, 0.4) is 0 Å². The van der Waals surface area contributed by atoms with Crippen molar-refractivity contribution in [2.24, 2.45) is 0 Å². The van der Waals surface area contributed by atoms with Crippen LogP contribution >= 0.6 is 11.6 Å². The Morgan fingerprint density at radius 1 is 1.03 bits per heavy atom. The smallest absolute Gasteiger partial charge is 0.308 e. The van der Waals surface area contributed by atoms with Crippen LogP contribution < -0.4 is 15.5 Å². The van der Waals surface area contributed by atoms with E-state index in [0.29, 0.717) is 29.3 Å². The molecule has 10 heteroatoms. The van der Waals surface area contributed by atoms with Gasteiger partial charge in [-0.25, -0.2) is 9.97 Å². The van der Waals surface area contributed by atoms with Crippen molar-refractivity contribution in [1.29, 1.82) is 0 Å². The fourth-order valence-corrected chi connectivity index (χ4v) is 4.75. The minimum Gasteiger partial charge on any atom is -0.481 e. The highest BCUT2D eigenvalue weighted by atomic mass is 35.5. The molecule has 1 aliphatic rings. The van der Waals surface area contributed by atoms with E-state index >= 15 is 0 Å². The second-order valence-electron chi connectivity index (χ2n) is 9.40. The number of aromatic nitrogens is 2. The van der Waals surface area contributed by atoms with Crippen molar-refractivity contribution in [3.8, 4) is 0 Å². The highest BCUT2D eigenvalue weighted by Gasteiger charge is 2.22. The fraction of sp³-hybridized carbons (Fsp3) is 0.321. The average Bonchev–Trinajstić information content (AvgIpc) is 3.39. The van der Waals surface area contributed by atoms with Crippen molar-refractivity contribution in [2.45, 2.75) is 44.6 Å². The maximum absolute atomic E-state index is 12.6. The Labute approximate surface area is 226 Å². The molecule has 3 N–H and O–H groups in total. The summed E-state index contributed by atoms with van der Waals surface area (Å²) in [6.45, 7) is 0.0196. The van der Waals surface area contributed by atoms with E-state index in [-0.39, 0.29) is 41.5 Å². The molecule has 9 nitrogen and oxygen atoms in total. The molecule has 0 unspecified atom stereocenters. The summed E-state index contributed by atoms with van der Waals surface area (Å²) in [5, 5.41) is 15.3. The number of nitrogens with one attached hydrogen (secondary N) is 2. The van der Waals surface area contributed by atoms with Gasteiger partial charge in [0.05, 0.1) is 13.0 Å². The minimum atomic E-state index is -1.07. The van der Waals surface area contributed by atoms with Gasteiger partial charge < -0.3 is 20.6 Å². The maximum atomic E-state index is 12.6. The molecule has 1 aliphatic carbocycles. The third kappa shape index (κ3) is 7.29. The Balaban J connectivity index is 1.48. The first-order chi connectivity index (χ1) is 18.3. The monoisotopic (exact) mass is 535 g/mol. The van der Waals surface area contributed by atoms with E-state index in [4.69, 9.17) is 11.6 Å². The summed E-state index contributed by atoms with van der Waals surface area (Å²) in [5.41, 5.74) is 2.34. The molecule has 1 saturated carbocycles. The number of halogens is 1. The second-order valence-corrected chi connectivity index (χ2v) is 9.76. The zero-order chi connectivity index (χ0) is 27.1. The number of carboxylic acid groups (broad SMARTS) is 1. The summed E-state index contributed by atoms with van der Waals surface area (Å²) in [6, 6.07) is 16.4. The number of carboxylic acids is 1. The number of hydrogen-bond donors (Lipinski definition) is 3. The molecule has 4 rings (SSSR count). The number of amides is 2. The predicted octanol–water partition coefficient (Wildman–Crippen LogP) is 4.10. The van der Waals surface area contributed by atoms with Gasteiger partial charge in [-0.05, 0) is 42.7 Å². The van der Waals surface area contributed by atoms with Crippen LogP contribution in [0.25, 0.3) is 0 Å². The van der Waals surface area contributed by atoms with Crippen LogP contribution in [0.4, 0.5) is 11.5 Å². The molecule has 3 aromatic rings. The summed E-state index contributed by atoms with van der Waals surface area (Å²) < 4.78 is 0. The number of benzene rings is 2. The number of anilines is 2. The average molecular weight is 536 g/mol. The first kappa shape index (κ1) is 27.1. The van der Waals surface area contributed by atoms with Crippen LogP contribution in [0.1, 0.15) is 53.0 Å². The Morgan fingerprint density at radius 2 is 1.71 bits per heavy atom. The van der Waals surface area contributed by atoms with Gasteiger partial charge >= 0.3 is 5.97 Å². The normalized spacial score (nSPS) is 13.2. The number of aliphatic carboxylic acids is 1. The van der Waals surface area contributed by atoms with E-state index in [1.54, 1.807) is 48.3 Å². The first-order valence-corrected chi connectivity index (χ1v) is 12.9. The van der Waals surface area contributed by atoms with Crippen LogP contribution in [0.2, 0.25) is 5.15 Å². The zero-order valence-corrected chi connectivity index (χ0v) is 21.9. The number of carbonyl (C=O) groups excluding carboxylic acids is 2. The molecule has 38 heavy (non-hydrogen) atoms. The van der Waals surface area contributed by atoms with Gasteiger partial charge in [-0.2, -0.15) is 0 Å². The van der Waals surface area contributed by atoms with Gasteiger partial charge in [0.2, 0.25) is 5.91 Å². The van der Waals surface area contributed by atoms with E-state index in [9.17, 15) is 19.5 Å².